The Kier molecular flexibility index (Phi) is 6.86. The highest BCUT2D eigenvalue weighted by Crippen LogP contribution is 2.32. The van der Waals surface area contributed by atoms with E-state index in [1.54, 1.807) is 7.11 Å². The molecule has 7 heteroatoms. The van der Waals surface area contributed by atoms with Crippen LogP contribution >= 0.6 is 0 Å². The van der Waals surface area contributed by atoms with Crippen molar-refractivity contribution in [2.75, 3.05) is 38.2 Å². The second-order valence-electron chi connectivity index (χ2n) is 9.80. The molecule has 2 aliphatic rings. The van der Waals surface area contributed by atoms with Gasteiger partial charge in [0.2, 0.25) is 11.9 Å². The fourth-order valence-corrected chi connectivity index (χ4v) is 5.50. The van der Waals surface area contributed by atoms with Crippen LogP contribution in [0.15, 0.2) is 48.5 Å². The van der Waals surface area contributed by atoms with Crippen molar-refractivity contribution in [1.82, 2.24) is 14.9 Å². The third kappa shape index (κ3) is 4.96. The fourth-order valence-electron chi connectivity index (χ4n) is 5.50. The van der Waals surface area contributed by atoms with Crippen molar-refractivity contribution >= 4 is 22.8 Å². The Bertz CT molecular complexity index is 1180. The number of rotatable bonds is 5. The average molecular weight is 475 g/mol. The smallest absolute Gasteiger partial charge is 0.227 e. The topological polar surface area (TPSA) is 78.8 Å². The number of benzene rings is 2. The lowest BCUT2D eigenvalue weighted by Gasteiger charge is -2.38. The van der Waals surface area contributed by atoms with Gasteiger partial charge in [-0.25, -0.2) is 9.97 Å². The van der Waals surface area contributed by atoms with Crippen LogP contribution in [-0.2, 0) is 4.79 Å². The van der Waals surface area contributed by atoms with Crippen molar-refractivity contribution in [3.05, 3.63) is 59.8 Å². The van der Waals surface area contributed by atoms with Gasteiger partial charge in [0, 0.05) is 37.6 Å². The molecule has 2 aliphatic heterocycles. The van der Waals surface area contributed by atoms with E-state index in [9.17, 15) is 9.90 Å². The van der Waals surface area contributed by atoms with Gasteiger partial charge in [0.1, 0.15) is 5.75 Å². The van der Waals surface area contributed by atoms with Gasteiger partial charge in [0.25, 0.3) is 0 Å². The van der Waals surface area contributed by atoms with Gasteiger partial charge >= 0.3 is 0 Å². The van der Waals surface area contributed by atoms with Crippen molar-refractivity contribution in [3.8, 4) is 5.75 Å². The minimum Gasteiger partial charge on any atom is -0.497 e. The highest BCUT2D eigenvalue weighted by Gasteiger charge is 2.34. The Hall–Kier alpha value is -3.19. The van der Waals surface area contributed by atoms with Crippen molar-refractivity contribution < 1.29 is 14.6 Å². The van der Waals surface area contributed by atoms with Gasteiger partial charge in [0.15, 0.2) is 0 Å². The van der Waals surface area contributed by atoms with E-state index < -0.39 is 6.10 Å². The summed E-state index contributed by atoms with van der Waals surface area (Å²) in [6.07, 6.45) is 3.02. The molecule has 0 bridgehead atoms. The van der Waals surface area contributed by atoms with Gasteiger partial charge in [-0.15, -0.1) is 0 Å². The molecule has 2 aromatic carbocycles. The second-order valence-corrected chi connectivity index (χ2v) is 9.80. The third-order valence-corrected chi connectivity index (χ3v) is 7.58. The number of aliphatic hydroxyl groups is 1. The molecule has 0 aliphatic carbocycles. The number of aliphatic hydroxyl groups excluding tert-OH is 1. The maximum absolute atomic E-state index is 13.4. The number of aryl methyl sites for hydroxylation is 1. The number of ether oxygens (including phenoxy) is 1. The molecule has 1 aromatic heterocycles. The molecule has 35 heavy (non-hydrogen) atoms. The van der Waals surface area contributed by atoms with Crippen LogP contribution in [0.5, 0.6) is 5.75 Å². The molecule has 1 N–H and O–H groups in total. The predicted octanol–water partition coefficient (Wildman–Crippen LogP) is 4.14. The first-order valence-corrected chi connectivity index (χ1v) is 12.6. The number of hydrogen-bond donors (Lipinski definition) is 1. The number of amides is 1. The van der Waals surface area contributed by atoms with Crippen molar-refractivity contribution in [2.24, 2.45) is 11.8 Å². The Balaban J connectivity index is 1.24. The number of nitrogens with zero attached hydrogens (tertiary/aromatic N) is 4. The van der Waals surface area contributed by atoms with E-state index in [1.165, 1.54) is 0 Å². The second kappa shape index (κ2) is 10.2. The Morgan fingerprint density at radius 1 is 1.06 bits per heavy atom. The number of carbonyl (C=O) groups excluding carboxylic acids is 1. The van der Waals surface area contributed by atoms with Crippen molar-refractivity contribution in [1.29, 1.82) is 0 Å². The first-order chi connectivity index (χ1) is 17.0. The fraction of sp³-hybridized carbons (Fsp3) is 0.464. The predicted molar refractivity (Wildman–Crippen MR) is 136 cm³/mol. The van der Waals surface area contributed by atoms with Crippen molar-refractivity contribution in [3.63, 3.8) is 0 Å². The minimum absolute atomic E-state index is 0.0516. The zero-order valence-corrected chi connectivity index (χ0v) is 20.6. The SMILES string of the molecule is COc1ccc2c(C)nc(N3CCC[C@@H](C(=O)N4CCC([C@@H](O)c5ccccc5)CC4)C3)nc2c1. The van der Waals surface area contributed by atoms with E-state index in [1.807, 2.05) is 60.4 Å². The van der Waals surface area contributed by atoms with Crippen molar-refractivity contribution in [2.45, 2.75) is 38.7 Å². The lowest BCUT2D eigenvalue weighted by molar-refractivity contribution is -0.137. The molecule has 2 saturated heterocycles. The molecular weight excluding hydrogens is 440 g/mol. The number of carbonyl (C=O) groups is 1. The largest absolute Gasteiger partial charge is 0.497 e. The van der Waals surface area contributed by atoms with Crippen LogP contribution in [0.4, 0.5) is 5.95 Å². The maximum Gasteiger partial charge on any atom is 0.227 e. The number of anilines is 1. The number of aromatic nitrogens is 2. The summed E-state index contributed by atoms with van der Waals surface area (Å²) in [5.41, 5.74) is 2.75. The van der Waals surface area contributed by atoms with Crippen LogP contribution in [0.25, 0.3) is 10.9 Å². The van der Waals surface area contributed by atoms with Crippen LogP contribution < -0.4 is 9.64 Å². The molecule has 0 saturated carbocycles. The minimum atomic E-state index is -0.467. The zero-order valence-electron chi connectivity index (χ0n) is 20.6. The molecule has 5 rings (SSSR count). The third-order valence-electron chi connectivity index (χ3n) is 7.58. The highest BCUT2D eigenvalue weighted by molar-refractivity contribution is 5.83. The monoisotopic (exact) mass is 474 g/mol. The molecule has 1 amide bonds. The number of fused-ring (bicyclic) bond motifs is 1. The molecule has 184 valence electrons. The first kappa shape index (κ1) is 23.5. The Morgan fingerprint density at radius 2 is 1.83 bits per heavy atom. The first-order valence-electron chi connectivity index (χ1n) is 12.6. The van der Waals surface area contributed by atoms with Gasteiger partial charge in [-0.05, 0) is 56.2 Å². The number of piperidine rings is 2. The average Bonchev–Trinajstić information content (AvgIpc) is 2.92. The number of likely N-dealkylation sites (tertiary alicyclic amines) is 1. The number of hydrogen-bond acceptors (Lipinski definition) is 6. The van der Waals surface area contributed by atoms with Crippen LogP contribution in [0.2, 0.25) is 0 Å². The molecule has 3 aromatic rings. The quantitative estimate of drug-likeness (QED) is 0.599. The maximum atomic E-state index is 13.4. The molecule has 0 unspecified atom stereocenters. The summed E-state index contributed by atoms with van der Waals surface area (Å²) in [7, 11) is 1.65. The normalized spacial score (nSPS) is 20.1. The Labute approximate surface area is 206 Å². The molecule has 3 heterocycles. The summed E-state index contributed by atoms with van der Waals surface area (Å²) in [4.78, 5) is 27.2. The van der Waals surface area contributed by atoms with Gasteiger partial charge in [-0.1, -0.05) is 30.3 Å². The summed E-state index contributed by atoms with van der Waals surface area (Å²) < 4.78 is 5.37. The van der Waals surface area contributed by atoms with Gasteiger partial charge in [-0.3, -0.25) is 4.79 Å². The van der Waals surface area contributed by atoms with Crippen LogP contribution in [0.1, 0.15) is 43.0 Å². The highest BCUT2D eigenvalue weighted by atomic mass is 16.5. The molecule has 2 fully saturated rings. The molecule has 0 spiro atoms. The van der Waals surface area contributed by atoms with E-state index in [0.717, 1.165) is 60.1 Å². The summed E-state index contributed by atoms with van der Waals surface area (Å²) in [6.45, 7) is 4.90. The van der Waals surface area contributed by atoms with E-state index in [4.69, 9.17) is 14.7 Å². The van der Waals surface area contributed by atoms with Gasteiger partial charge in [-0.2, -0.15) is 0 Å². The van der Waals surface area contributed by atoms with E-state index >= 15 is 0 Å². The summed E-state index contributed by atoms with van der Waals surface area (Å²) in [5.74, 6) is 1.82. The lowest BCUT2D eigenvalue weighted by atomic mass is 9.86. The van der Waals surface area contributed by atoms with Crippen LogP contribution in [0.3, 0.4) is 0 Å². The summed E-state index contributed by atoms with van der Waals surface area (Å²) >= 11 is 0. The van der Waals surface area contributed by atoms with E-state index in [-0.39, 0.29) is 17.7 Å². The molecule has 2 atom stereocenters. The summed E-state index contributed by atoms with van der Waals surface area (Å²) in [6, 6.07) is 15.7. The lowest BCUT2D eigenvalue weighted by Crippen LogP contribution is -2.48. The molecule has 7 nitrogen and oxygen atoms in total. The van der Waals surface area contributed by atoms with Gasteiger partial charge in [0.05, 0.1) is 30.3 Å². The van der Waals surface area contributed by atoms with E-state index in [0.29, 0.717) is 25.6 Å². The van der Waals surface area contributed by atoms with Crippen LogP contribution in [0, 0.1) is 18.8 Å². The summed E-state index contributed by atoms with van der Waals surface area (Å²) in [5, 5.41) is 11.8. The van der Waals surface area contributed by atoms with E-state index in [2.05, 4.69) is 4.90 Å². The number of methoxy groups -OCH3 is 1. The van der Waals surface area contributed by atoms with Gasteiger partial charge < -0.3 is 19.6 Å². The zero-order chi connectivity index (χ0) is 24.4. The standard InChI is InChI=1S/C28H34N4O3/c1-19-24-11-10-23(35-2)17-25(24)30-28(29-19)32-14-6-9-22(18-32)27(34)31-15-12-21(13-16-31)26(33)20-7-4-3-5-8-20/h3-5,7-8,10-11,17,21-22,26,33H,6,9,12-16,18H2,1-2H3/t22-,26+/m1/s1. The molecule has 0 radical (unpaired) electrons. The molecular formula is C28H34N4O3. The Morgan fingerprint density at radius 3 is 2.57 bits per heavy atom. The van der Waals surface area contributed by atoms with Crippen LogP contribution in [-0.4, -0.2) is 59.2 Å².